The number of fused-ring (bicyclic) bond motifs is 4. The fourth-order valence-corrected chi connectivity index (χ4v) is 9.39. The predicted octanol–water partition coefficient (Wildman–Crippen LogP) is 11.8. The summed E-state index contributed by atoms with van der Waals surface area (Å²) in [6, 6.07) is 62.7. The van der Waals surface area contributed by atoms with Gasteiger partial charge in [0.2, 0.25) is 0 Å². The van der Waals surface area contributed by atoms with Crippen molar-refractivity contribution in [3.63, 3.8) is 0 Å². The highest BCUT2D eigenvalue weighted by Gasteiger charge is 2.44. The van der Waals surface area contributed by atoms with E-state index in [9.17, 15) is 0 Å². The number of anilines is 9. The molecule has 0 fully saturated rings. The number of hydrogen-bond acceptors (Lipinski definition) is 3. The Kier molecular flexibility index (Phi) is 8.60. The number of benzene rings is 7. The number of rotatable bonds is 8. The smallest absolute Gasteiger partial charge is 0.252 e. The molecule has 2 heterocycles. The maximum Gasteiger partial charge on any atom is 0.252 e. The van der Waals surface area contributed by atoms with Crippen molar-refractivity contribution in [1.82, 2.24) is 0 Å². The van der Waals surface area contributed by atoms with Gasteiger partial charge in [0.05, 0.1) is 5.69 Å². The Morgan fingerprint density at radius 2 is 1.18 bits per heavy atom. The van der Waals surface area contributed by atoms with Crippen LogP contribution in [0.15, 0.2) is 182 Å². The molecule has 55 heavy (non-hydrogen) atoms. The van der Waals surface area contributed by atoms with Gasteiger partial charge in [0.25, 0.3) is 6.71 Å². The molecule has 0 saturated carbocycles. The normalized spacial score (nSPS) is 15.3. The van der Waals surface area contributed by atoms with Crippen molar-refractivity contribution in [2.24, 2.45) is 5.92 Å². The van der Waals surface area contributed by atoms with Crippen LogP contribution in [0, 0.1) is 12.8 Å². The molecule has 4 heteroatoms. The summed E-state index contributed by atoms with van der Waals surface area (Å²) in [4.78, 5) is 7.55. The summed E-state index contributed by atoms with van der Waals surface area (Å²) in [5.41, 5.74) is 17.5. The summed E-state index contributed by atoms with van der Waals surface area (Å²) in [5.74, 6) is 0.724. The molecule has 3 nitrogen and oxygen atoms in total. The summed E-state index contributed by atoms with van der Waals surface area (Å²) in [6.07, 6.45) is 10.7. The SMILES string of the molecule is Cc1ccccc1N1c2cc(N(c3ccccc3)c3ccccc3)cc3c2B(c2ccccc2N3c2ccccc2)c2cccc(CCC3CC=CCC3)c21. The van der Waals surface area contributed by atoms with Gasteiger partial charge >= 0.3 is 0 Å². The van der Waals surface area contributed by atoms with E-state index in [1.165, 1.54) is 81.6 Å². The molecule has 0 bridgehead atoms. The van der Waals surface area contributed by atoms with Crippen molar-refractivity contribution in [3.8, 4) is 0 Å². The number of allylic oxidation sites excluding steroid dienone is 2. The molecule has 0 spiro atoms. The van der Waals surface area contributed by atoms with E-state index >= 15 is 0 Å². The van der Waals surface area contributed by atoms with Gasteiger partial charge < -0.3 is 14.7 Å². The molecule has 1 unspecified atom stereocenters. The first-order valence-electron chi connectivity index (χ1n) is 19.9. The van der Waals surface area contributed by atoms with Gasteiger partial charge in [0.15, 0.2) is 0 Å². The first-order valence-corrected chi connectivity index (χ1v) is 19.9. The van der Waals surface area contributed by atoms with Crippen molar-refractivity contribution in [3.05, 3.63) is 193 Å². The molecule has 2 aliphatic heterocycles. The fourth-order valence-electron chi connectivity index (χ4n) is 9.39. The Bertz CT molecular complexity index is 2470. The number of hydrogen-bond donors (Lipinski definition) is 0. The zero-order valence-corrected chi connectivity index (χ0v) is 31.4. The Morgan fingerprint density at radius 1 is 0.564 bits per heavy atom. The maximum atomic E-state index is 2.63. The molecule has 0 saturated heterocycles. The molecular weight excluding hydrogens is 665 g/mol. The van der Waals surface area contributed by atoms with Gasteiger partial charge in [-0.1, -0.05) is 121 Å². The van der Waals surface area contributed by atoms with Gasteiger partial charge in [-0.2, -0.15) is 0 Å². The van der Waals surface area contributed by atoms with Crippen LogP contribution in [0.5, 0.6) is 0 Å². The third-order valence-electron chi connectivity index (χ3n) is 11.9. The lowest BCUT2D eigenvalue weighted by atomic mass is 9.33. The number of nitrogens with zero attached hydrogens (tertiary/aromatic N) is 3. The van der Waals surface area contributed by atoms with Crippen LogP contribution in [-0.4, -0.2) is 6.71 Å². The molecule has 0 aromatic heterocycles. The first-order chi connectivity index (χ1) is 27.2. The second-order valence-electron chi connectivity index (χ2n) is 15.2. The van der Waals surface area contributed by atoms with Gasteiger partial charge in [-0.25, -0.2) is 0 Å². The van der Waals surface area contributed by atoms with Gasteiger partial charge in [0.1, 0.15) is 0 Å². The van der Waals surface area contributed by atoms with E-state index < -0.39 is 0 Å². The molecule has 7 aromatic carbocycles. The molecule has 0 radical (unpaired) electrons. The van der Waals surface area contributed by atoms with Crippen LogP contribution < -0.4 is 31.1 Å². The van der Waals surface area contributed by atoms with E-state index in [1.54, 1.807) is 0 Å². The molecule has 3 aliphatic rings. The second kappa shape index (κ2) is 14.2. The third kappa shape index (κ3) is 5.84. The lowest BCUT2D eigenvalue weighted by molar-refractivity contribution is 0.446. The largest absolute Gasteiger partial charge is 0.311 e. The van der Waals surface area contributed by atoms with Crippen LogP contribution in [0.3, 0.4) is 0 Å². The van der Waals surface area contributed by atoms with Crippen LogP contribution in [0.4, 0.5) is 51.2 Å². The van der Waals surface area contributed by atoms with Gasteiger partial charge in [0, 0.05) is 45.5 Å². The Hall–Kier alpha value is -6.26. The molecule has 0 amide bonds. The van der Waals surface area contributed by atoms with Crippen molar-refractivity contribution in [2.45, 2.75) is 39.0 Å². The highest BCUT2D eigenvalue weighted by Crippen LogP contribution is 2.49. The second-order valence-corrected chi connectivity index (χ2v) is 15.2. The monoisotopic (exact) mass is 709 g/mol. The summed E-state index contributed by atoms with van der Waals surface area (Å²) in [6.45, 7) is 2.34. The summed E-state index contributed by atoms with van der Waals surface area (Å²) in [7, 11) is 0. The minimum Gasteiger partial charge on any atom is -0.311 e. The minimum atomic E-state index is 0.0740. The molecule has 0 N–H and O–H groups in total. The molecular formula is C51H44BN3. The maximum absolute atomic E-state index is 2.63. The molecule has 1 atom stereocenters. The summed E-state index contributed by atoms with van der Waals surface area (Å²) < 4.78 is 0. The van der Waals surface area contributed by atoms with Crippen molar-refractivity contribution >= 4 is 74.3 Å². The van der Waals surface area contributed by atoms with E-state index in [0.29, 0.717) is 0 Å². The Morgan fingerprint density at radius 3 is 1.87 bits per heavy atom. The van der Waals surface area contributed by atoms with Gasteiger partial charge in [-0.05, 0) is 133 Å². The van der Waals surface area contributed by atoms with Crippen molar-refractivity contribution < 1.29 is 0 Å². The van der Waals surface area contributed by atoms with Crippen LogP contribution in [-0.2, 0) is 6.42 Å². The van der Waals surface area contributed by atoms with E-state index in [-0.39, 0.29) is 6.71 Å². The quantitative estimate of drug-likeness (QED) is 0.115. The molecule has 10 rings (SSSR count). The summed E-state index contributed by atoms with van der Waals surface area (Å²) in [5, 5.41) is 0. The number of para-hydroxylation sites is 6. The van der Waals surface area contributed by atoms with Crippen LogP contribution in [0.1, 0.15) is 36.8 Å². The zero-order chi connectivity index (χ0) is 36.7. The molecule has 266 valence electrons. The lowest BCUT2D eigenvalue weighted by Gasteiger charge is -2.45. The fraction of sp³-hybridized carbons (Fsp3) is 0.137. The third-order valence-corrected chi connectivity index (χ3v) is 11.9. The highest BCUT2D eigenvalue weighted by molar-refractivity contribution is 7.00. The molecule has 7 aromatic rings. The lowest BCUT2D eigenvalue weighted by Crippen LogP contribution is -2.61. The van der Waals surface area contributed by atoms with E-state index in [2.05, 4.69) is 204 Å². The first kappa shape index (κ1) is 33.3. The Labute approximate surface area is 325 Å². The van der Waals surface area contributed by atoms with Gasteiger partial charge in [-0.3, -0.25) is 0 Å². The predicted molar refractivity (Wildman–Crippen MR) is 235 cm³/mol. The minimum absolute atomic E-state index is 0.0740. The van der Waals surface area contributed by atoms with Crippen LogP contribution in [0.25, 0.3) is 0 Å². The van der Waals surface area contributed by atoms with E-state index in [0.717, 1.165) is 35.1 Å². The Balaban J connectivity index is 1.29. The average molecular weight is 710 g/mol. The highest BCUT2D eigenvalue weighted by atomic mass is 15.2. The van der Waals surface area contributed by atoms with Crippen LogP contribution in [0.2, 0.25) is 0 Å². The van der Waals surface area contributed by atoms with Crippen molar-refractivity contribution in [1.29, 1.82) is 0 Å². The van der Waals surface area contributed by atoms with Gasteiger partial charge in [-0.15, -0.1) is 0 Å². The zero-order valence-electron chi connectivity index (χ0n) is 31.4. The number of aryl methyl sites for hydroxylation is 2. The molecule has 1 aliphatic carbocycles. The van der Waals surface area contributed by atoms with E-state index in [4.69, 9.17) is 0 Å². The van der Waals surface area contributed by atoms with Crippen LogP contribution >= 0.6 is 0 Å². The summed E-state index contributed by atoms with van der Waals surface area (Å²) >= 11 is 0. The van der Waals surface area contributed by atoms with E-state index in [1.807, 2.05) is 0 Å². The van der Waals surface area contributed by atoms with Crippen molar-refractivity contribution in [2.75, 3.05) is 14.7 Å². The topological polar surface area (TPSA) is 9.72 Å². The average Bonchev–Trinajstić information content (AvgIpc) is 3.25. The standard InChI is InChI=1S/C51H44BN3/c1-37-19-14-16-31-46(37)55-49-36-43(53(40-23-8-3-9-24-40)41-25-10-4-11-26-41)35-48-50(49)52(44-29-15-17-32-47(44)54(48)42-27-12-5-13-28-42)45-30-18-22-39(51(45)55)34-33-38-20-6-2-7-21-38/h2-6,8-19,22-32,35-36,38H,7,20-21,33-34H2,1H3.